The lowest BCUT2D eigenvalue weighted by Crippen LogP contribution is -2.27. The maximum absolute atomic E-state index is 12.1. The number of nitrogens with zero attached hydrogens (tertiary/aromatic N) is 2. The fraction of sp³-hybridized carbons (Fsp3) is 0.533. The Morgan fingerprint density at radius 2 is 1.86 bits per heavy atom. The van der Waals surface area contributed by atoms with Crippen molar-refractivity contribution in [1.29, 1.82) is 0 Å². The molecule has 1 aromatic rings. The Hall–Kier alpha value is -1.46. The normalized spacial score (nSPS) is 15.8. The van der Waals surface area contributed by atoms with Crippen molar-refractivity contribution in [2.24, 2.45) is 0 Å². The highest BCUT2D eigenvalue weighted by Gasteiger charge is 2.14. The second kappa shape index (κ2) is 8.74. The summed E-state index contributed by atoms with van der Waals surface area (Å²) in [5.74, 6) is -0.0158. The maximum atomic E-state index is 12.1. The molecular formula is C15H21ClN2O3. The van der Waals surface area contributed by atoms with Gasteiger partial charge in [-0.25, -0.2) is 0 Å². The first-order valence-corrected chi connectivity index (χ1v) is 7.17. The number of nitro benzene ring substituents is 1. The van der Waals surface area contributed by atoms with Crippen molar-refractivity contribution in [3.63, 3.8) is 0 Å². The molecule has 0 spiro atoms. The molecule has 0 amide bonds. The van der Waals surface area contributed by atoms with Gasteiger partial charge in [0.15, 0.2) is 5.78 Å². The summed E-state index contributed by atoms with van der Waals surface area (Å²) < 4.78 is 0. The maximum Gasteiger partial charge on any atom is 0.270 e. The van der Waals surface area contributed by atoms with Crippen molar-refractivity contribution >= 4 is 23.9 Å². The number of hydrogen-bond acceptors (Lipinski definition) is 4. The Balaban J connectivity index is 0.00000220. The van der Waals surface area contributed by atoms with Gasteiger partial charge in [0.05, 0.1) is 4.92 Å². The predicted molar refractivity (Wildman–Crippen MR) is 84.2 cm³/mol. The summed E-state index contributed by atoms with van der Waals surface area (Å²) in [6, 6.07) is 5.99. The van der Waals surface area contributed by atoms with Crippen molar-refractivity contribution in [1.82, 2.24) is 4.90 Å². The van der Waals surface area contributed by atoms with Crippen LogP contribution in [0.5, 0.6) is 0 Å². The summed E-state index contributed by atoms with van der Waals surface area (Å²) >= 11 is 0. The van der Waals surface area contributed by atoms with Crippen LogP contribution in [0.1, 0.15) is 42.5 Å². The molecule has 1 heterocycles. The molecule has 6 heteroatoms. The molecule has 116 valence electrons. The molecule has 1 saturated heterocycles. The van der Waals surface area contributed by atoms with Gasteiger partial charge in [-0.05, 0) is 25.9 Å². The molecule has 1 aromatic carbocycles. The predicted octanol–water partition coefficient (Wildman–Crippen LogP) is 3.47. The quantitative estimate of drug-likeness (QED) is 0.474. The Morgan fingerprint density at radius 3 is 2.48 bits per heavy atom. The lowest BCUT2D eigenvalue weighted by Gasteiger charge is -2.18. The van der Waals surface area contributed by atoms with E-state index in [0.717, 1.165) is 19.6 Å². The molecular weight excluding hydrogens is 292 g/mol. The van der Waals surface area contributed by atoms with Crippen LogP contribution in [0.25, 0.3) is 0 Å². The van der Waals surface area contributed by atoms with E-state index in [0.29, 0.717) is 12.0 Å². The van der Waals surface area contributed by atoms with Crippen LogP contribution in [-0.4, -0.2) is 35.2 Å². The molecule has 0 N–H and O–H groups in total. The van der Waals surface area contributed by atoms with Crippen LogP contribution < -0.4 is 0 Å². The Kier molecular flexibility index (Phi) is 7.32. The van der Waals surface area contributed by atoms with E-state index in [1.807, 2.05) is 0 Å². The summed E-state index contributed by atoms with van der Waals surface area (Å²) in [5, 5.41) is 10.7. The first-order chi connectivity index (χ1) is 9.66. The molecule has 0 aromatic heterocycles. The van der Waals surface area contributed by atoms with Crippen LogP contribution >= 0.6 is 12.4 Å². The van der Waals surface area contributed by atoms with Crippen LogP contribution in [0.4, 0.5) is 5.69 Å². The molecule has 0 bridgehead atoms. The second-order valence-corrected chi connectivity index (χ2v) is 5.24. The molecule has 0 radical (unpaired) electrons. The Morgan fingerprint density at radius 1 is 1.19 bits per heavy atom. The third-order valence-corrected chi connectivity index (χ3v) is 3.73. The van der Waals surface area contributed by atoms with E-state index in [1.54, 1.807) is 12.1 Å². The molecule has 0 atom stereocenters. The number of nitro groups is 1. The largest absolute Gasteiger partial charge is 0.303 e. The van der Waals surface area contributed by atoms with Gasteiger partial charge in [-0.3, -0.25) is 14.9 Å². The Bertz CT molecular complexity index is 486. The van der Waals surface area contributed by atoms with Gasteiger partial charge in [-0.2, -0.15) is 0 Å². The topological polar surface area (TPSA) is 63.5 Å². The third-order valence-electron chi connectivity index (χ3n) is 3.73. The van der Waals surface area contributed by atoms with Gasteiger partial charge < -0.3 is 4.90 Å². The van der Waals surface area contributed by atoms with Gasteiger partial charge in [0, 0.05) is 30.7 Å². The fourth-order valence-corrected chi connectivity index (χ4v) is 2.56. The summed E-state index contributed by atoms with van der Waals surface area (Å²) in [5.41, 5.74) is 0.416. The van der Waals surface area contributed by atoms with E-state index >= 15 is 0 Å². The summed E-state index contributed by atoms with van der Waals surface area (Å²) in [6.45, 7) is 2.87. The average molecular weight is 313 g/mol. The number of non-ortho nitro benzene ring substituents is 1. The van der Waals surface area contributed by atoms with Gasteiger partial charge in [-0.1, -0.05) is 25.0 Å². The van der Waals surface area contributed by atoms with Crippen molar-refractivity contribution in [3.05, 3.63) is 39.9 Å². The van der Waals surface area contributed by atoms with Gasteiger partial charge in [-0.15, -0.1) is 12.4 Å². The smallest absolute Gasteiger partial charge is 0.270 e. The summed E-state index contributed by atoms with van der Waals surface area (Å²) in [4.78, 5) is 24.7. The molecule has 1 aliphatic rings. The molecule has 2 rings (SSSR count). The second-order valence-electron chi connectivity index (χ2n) is 5.24. The third kappa shape index (κ3) is 5.44. The fourth-order valence-electron chi connectivity index (χ4n) is 2.56. The van der Waals surface area contributed by atoms with Crippen molar-refractivity contribution in [3.8, 4) is 0 Å². The first kappa shape index (κ1) is 17.6. The van der Waals surface area contributed by atoms with Crippen molar-refractivity contribution in [2.75, 3.05) is 19.6 Å². The summed E-state index contributed by atoms with van der Waals surface area (Å²) in [6.07, 6.45) is 5.38. The molecule has 5 nitrogen and oxygen atoms in total. The molecule has 0 unspecified atom stereocenters. The number of ketones is 1. The monoisotopic (exact) mass is 312 g/mol. The first-order valence-electron chi connectivity index (χ1n) is 7.17. The van der Waals surface area contributed by atoms with E-state index < -0.39 is 4.92 Å². The molecule has 0 saturated carbocycles. The summed E-state index contributed by atoms with van der Waals surface area (Å²) in [7, 11) is 0. The van der Waals surface area contributed by atoms with Crippen LogP contribution in [0.2, 0.25) is 0 Å². The highest BCUT2D eigenvalue weighted by atomic mass is 35.5. The van der Waals surface area contributed by atoms with E-state index in [1.165, 1.54) is 37.8 Å². The lowest BCUT2D eigenvalue weighted by atomic mass is 10.1. The number of hydrogen-bond donors (Lipinski definition) is 0. The minimum Gasteiger partial charge on any atom is -0.303 e. The zero-order valence-electron chi connectivity index (χ0n) is 12.0. The number of benzene rings is 1. The van der Waals surface area contributed by atoms with Crippen LogP contribution in [-0.2, 0) is 0 Å². The molecule has 1 aliphatic heterocycles. The van der Waals surface area contributed by atoms with Gasteiger partial charge >= 0.3 is 0 Å². The standard InChI is InChI=1S/C15H20N2O3.ClH/c18-15(8-11-16-9-3-1-2-4-10-16)13-6-5-7-14(12-13)17(19)20;/h5-7,12H,1-4,8-11H2;1H. The minimum atomic E-state index is -0.467. The number of halogens is 1. The highest BCUT2D eigenvalue weighted by Crippen LogP contribution is 2.15. The van der Waals surface area contributed by atoms with Crippen molar-refractivity contribution in [2.45, 2.75) is 32.1 Å². The van der Waals surface area contributed by atoms with E-state index in [-0.39, 0.29) is 23.9 Å². The number of carbonyl (C=O) groups is 1. The zero-order valence-corrected chi connectivity index (χ0v) is 12.8. The van der Waals surface area contributed by atoms with E-state index in [4.69, 9.17) is 0 Å². The van der Waals surface area contributed by atoms with Crippen LogP contribution in [0, 0.1) is 10.1 Å². The number of Topliss-reactive ketones (excluding diaryl/α,β-unsaturated/α-hetero) is 1. The molecule has 0 aliphatic carbocycles. The Labute approximate surface area is 130 Å². The van der Waals surface area contributed by atoms with Gasteiger partial charge in [0.25, 0.3) is 5.69 Å². The average Bonchev–Trinajstić information content (AvgIpc) is 2.73. The zero-order chi connectivity index (χ0) is 14.4. The molecule has 1 fully saturated rings. The van der Waals surface area contributed by atoms with Crippen LogP contribution in [0.15, 0.2) is 24.3 Å². The molecule has 21 heavy (non-hydrogen) atoms. The number of carbonyl (C=O) groups excluding carboxylic acids is 1. The van der Waals surface area contributed by atoms with Crippen LogP contribution in [0.3, 0.4) is 0 Å². The van der Waals surface area contributed by atoms with Crippen molar-refractivity contribution < 1.29 is 9.72 Å². The van der Waals surface area contributed by atoms with E-state index in [9.17, 15) is 14.9 Å². The number of rotatable bonds is 5. The number of likely N-dealkylation sites (tertiary alicyclic amines) is 1. The highest BCUT2D eigenvalue weighted by molar-refractivity contribution is 5.96. The SMILES string of the molecule is Cl.O=C(CCN1CCCCCC1)c1cccc([N+](=O)[O-])c1. The minimum absolute atomic E-state index is 0. The van der Waals surface area contributed by atoms with Gasteiger partial charge in [0.2, 0.25) is 0 Å². The lowest BCUT2D eigenvalue weighted by molar-refractivity contribution is -0.384. The van der Waals surface area contributed by atoms with E-state index in [2.05, 4.69) is 4.90 Å². The van der Waals surface area contributed by atoms with Gasteiger partial charge in [0.1, 0.15) is 0 Å².